The summed E-state index contributed by atoms with van der Waals surface area (Å²) in [6.07, 6.45) is 2.20. The van der Waals surface area contributed by atoms with Crippen LogP contribution in [0.15, 0.2) is 53.5 Å². The molecule has 0 aliphatic carbocycles. The number of guanidine groups is 1. The lowest BCUT2D eigenvalue weighted by molar-refractivity contribution is 0.158. The van der Waals surface area contributed by atoms with Gasteiger partial charge >= 0.3 is 0 Å². The zero-order valence-electron chi connectivity index (χ0n) is 17.5. The summed E-state index contributed by atoms with van der Waals surface area (Å²) in [6.45, 7) is 5.08. The molecular weight excluding hydrogens is 384 g/mol. The molecule has 29 heavy (non-hydrogen) atoms. The number of methoxy groups -OCH3 is 1. The number of aliphatic imine (C=N–C) groups is 1. The zero-order valence-corrected chi connectivity index (χ0v) is 18.2. The number of ether oxygens (including phenoxy) is 1. The second kappa shape index (κ2) is 10.5. The molecule has 2 aromatic rings. The van der Waals surface area contributed by atoms with Crippen molar-refractivity contribution < 1.29 is 4.74 Å². The lowest BCUT2D eigenvalue weighted by Gasteiger charge is -2.37. The molecule has 1 aliphatic rings. The smallest absolute Gasteiger partial charge is 0.191 e. The van der Waals surface area contributed by atoms with Crippen LogP contribution < -0.4 is 15.4 Å². The van der Waals surface area contributed by atoms with E-state index in [0.717, 1.165) is 43.2 Å². The van der Waals surface area contributed by atoms with Gasteiger partial charge in [0.15, 0.2) is 5.96 Å². The van der Waals surface area contributed by atoms with Gasteiger partial charge in [0.1, 0.15) is 5.75 Å². The Kier molecular flexibility index (Phi) is 7.78. The molecule has 2 aromatic carbocycles. The van der Waals surface area contributed by atoms with E-state index in [9.17, 15) is 0 Å². The summed E-state index contributed by atoms with van der Waals surface area (Å²) >= 11 is 6.05. The molecule has 1 atom stereocenters. The molecule has 1 heterocycles. The Balaban J connectivity index is 1.49. The fourth-order valence-corrected chi connectivity index (χ4v) is 3.97. The monoisotopic (exact) mass is 414 g/mol. The number of piperidine rings is 1. The van der Waals surface area contributed by atoms with Crippen LogP contribution in [-0.2, 0) is 6.54 Å². The van der Waals surface area contributed by atoms with Crippen molar-refractivity contribution in [2.75, 3.05) is 27.2 Å². The van der Waals surface area contributed by atoms with Gasteiger partial charge in [0.2, 0.25) is 0 Å². The van der Waals surface area contributed by atoms with E-state index in [4.69, 9.17) is 16.3 Å². The van der Waals surface area contributed by atoms with Crippen molar-refractivity contribution in [1.82, 2.24) is 15.5 Å². The average molecular weight is 415 g/mol. The van der Waals surface area contributed by atoms with Crippen LogP contribution in [-0.4, -0.2) is 44.1 Å². The zero-order chi connectivity index (χ0) is 20.6. The summed E-state index contributed by atoms with van der Waals surface area (Å²) in [6, 6.07) is 17.3. The summed E-state index contributed by atoms with van der Waals surface area (Å²) in [4.78, 5) is 6.94. The van der Waals surface area contributed by atoms with Crippen LogP contribution >= 0.6 is 11.6 Å². The van der Waals surface area contributed by atoms with Gasteiger partial charge in [-0.25, -0.2) is 0 Å². The minimum atomic E-state index is 0.424. The van der Waals surface area contributed by atoms with E-state index in [-0.39, 0.29) is 0 Å². The van der Waals surface area contributed by atoms with Crippen molar-refractivity contribution in [3.8, 4) is 5.75 Å². The van der Waals surface area contributed by atoms with Crippen LogP contribution in [0, 0.1) is 0 Å². The molecule has 0 saturated carbocycles. The Bertz CT molecular complexity index is 804. The van der Waals surface area contributed by atoms with Gasteiger partial charge in [0.05, 0.1) is 7.11 Å². The summed E-state index contributed by atoms with van der Waals surface area (Å²) in [5.74, 6) is 1.60. The van der Waals surface area contributed by atoms with E-state index in [2.05, 4.69) is 57.8 Å². The van der Waals surface area contributed by atoms with Gasteiger partial charge < -0.3 is 15.4 Å². The molecule has 1 aliphatic heterocycles. The maximum Gasteiger partial charge on any atom is 0.191 e. The van der Waals surface area contributed by atoms with Crippen LogP contribution in [0.5, 0.6) is 5.75 Å². The Hall–Kier alpha value is -2.24. The molecule has 156 valence electrons. The number of hydrogen-bond donors (Lipinski definition) is 2. The van der Waals surface area contributed by atoms with E-state index >= 15 is 0 Å². The summed E-state index contributed by atoms with van der Waals surface area (Å²) < 4.78 is 5.42. The Morgan fingerprint density at radius 1 is 1.21 bits per heavy atom. The minimum Gasteiger partial charge on any atom is -0.496 e. The van der Waals surface area contributed by atoms with E-state index < -0.39 is 0 Å². The first-order chi connectivity index (χ1) is 14.1. The predicted octanol–water partition coefficient (Wildman–Crippen LogP) is 4.24. The van der Waals surface area contributed by atoms with Gasteiger partial charge in [-0.1, -0.05) is 48.0 Å². The maximum absolute atomic E-state index is 6.05. The molecule has 1 unspecified atom stereocenters. The van der Waals surface area contributed by atoms with Crippen LogP contribution in [0.4, 0.5) is 0 Å². The highest BCUT2D eigenvalue weighted by atomic mass is 35.5. The van der Waals surface area contributed by atoms with Crippen LogP contribution in [0.3, 0.4) is 0 Å². The SMILES string of the molecule is CN=C(NCc1ccc(Cl)cc1OC)NC1CCN(C(C)c2ccccc2)CC1. The predicted molar refractivity (Wildman–Crippen MR) is 121 cm³/mol. The van der Waals surface area contributed by atoms with Crippen LogP contribution in [0.25, 0.3) is 0 Å². The molecule has 5 nitrogen and oxygen atoms in total. The Labute approximate surface area is 179 Å². The largest absolute Gasteiger partial charge is 0.496 e. The average Bonchev–Trinajstić information content (AvgIpc) is 2.77. The number of hydrogen-bond acceptors (Lipinski definition) is 3. The van der Waals surface area contributed by atoms with E-state index in [1.54, 1.807) is 14.2 Å². The van der Waals surface area contributed by atoms with E-state index in [0.29, 0.717) is 23.7 Å². The topological polar surface area (TPSA) is 48.9 Å². The third kappa shape index (κ3) is 5.87. The first-order valence-electron chi connectivity index (χ1n) is 10.2. The molecule has 0 amide bonds. The quantitative estimate of drug-likeness (QED) is 0.548. The standard InChI is InChI=1S/C23H31ClN4O/c1-17(18-7-5-4-6-8-18)28-13-11-21(12-14-28)27-23(25-2)26-16-19-9-10-20(24)15-22(19)29-3/h4-10,15,17,21H,11-14,16H2,1-3H3,(H2,25,26,27). The Morgan fingerprint density at radius 3 is 2.59 bits per heavy atom. The first-order valence-corrected chi connectivity index (χ1v) is 10.6. The van der Waals surface area contributed by atoms with Gasteiger partial charge in [-0.3, -0.25) is 9.89 Å². The van der Waals surface area contributed by atoms with Crippen molar-refractivity contribution >= 4 is 17.6 Å². The molecule has 0 spiro atoms. The Morgan fingerprint density at radius 2 is 1.93 bits per heavy atom. The summed E-state index contributed by atoms with van der Waals surface area (Å²) in [7, 11) is 3.47. The highest BCUT2D eigenvalue weighted by Gasteiger charge is 2.24. The summed E-state index contributed by atoms with van der Waals surface area (Å²) in [5, 5.41) is 7.63. The molecular formula is C23H31ClN4O. The molecule has 0 aromatic heterocycles. The van der Waals surface area contributed by atoms with Crippen molar-refractivity contribution in [2.24, 2.45) is 4.99 Å². The molecule has 3 rings (SSSR count). The highest BCUT2D eigenvalue weighted by molar-refractivity contribution is 6.30. The van der Waals surface area contributed by atoms with Crippen LogP contribution in [0.1, 0.15) is 36.9 Å². The fraction of sp³-hybridized carbons (Fsp3) is 0.435. The van der Waals surface area contributed by atoms with E-state index in [1.165, 1.54) is 5.56 Å². The number of nitrogens with zero attached hydrogens (tertiary/aromatic N) is 2. The molecule has 2 N–H and O–H groups in total. The molecule has 6 heteroatoms. The highest BCUT2D eigenvalue weighted by Crippen LogP contribution is 2.24. The lowest BCUT2D eigenvalue weighted by Crippen LogP contribution is -2.48. The van der Waals surface area contributed by atoms with Gasteiger partial charge in [0.25, 0.3) is 0 Å². The number of nitrogens with one attached hydrogen (secondary N) is 2. The number of benzene rings is 2. The number of halogens is 1. The second-order valence-corrected chi connectivity index (χ2v) is 7.86. The molecule has 1 fully saturated rings. The van der Waals surface area contributed by atoms with Gasteiger partial charge in [-0.05, 0) is 37.5 Å². The van der Waals surface area contributed by atoms with Gasteiger partial charge in [0, 0.05) is 49.4 Å². The van der Waals surface area contributed by atoms with Crippen molar-refractivity contribution in [3.05, 3.63) is 64.7 Å². The van der Waals surface area contributed by atoms with Crippen molar-refractivity contribution in [3.63, 3.8) is 0 Å². The molecule has 1 saturated heterocycles. The maximum atomic E-state index is 6.05. The summed E-state index contributed by atoms with van der Waals surface area (Å²) in [5.41, 5.74) is 2.43. The minimum absolute atomic E-state index is 0.424. The van der Waals surface area contributed by atoms with Crippen LogP contribution in [0.2, 0.25) is 5.02 Å². The fourth-order valence-electron chi connectivity index (χ4n) is 3.80. The third-order valence-electron chi connectivity index (χ3n) is 5.62. The van der Waals surface area contributed by atoms with Gasteiger partial charge in [-0.15, -0.1) is 0 Å². The number of rotatable bonds is 6. The van der Waals surface area contributed by atoms with Crippen molar-refractivity contribution in [1.29, 1.82) is 0 Å². The molecule has 0 bridgehead atoms. The second-order valence-electron chi connectivity index (χ2n) is 7.42. The van der Waals surface area contributed by atoms with Crippen molar-refractivity contribution in [2.45, 2.75) is 38.4 Å². The first kappa shape index (κ1) is 21.5. The third-order valence-corrected chi connectivity index (χ3v) is 5.85. The lowest BCUT2D eigenvalue weighted by atomic mass is 10.0. The molecule has 0 radical (unpaired) electrons. The normalized spacial score (nSPS) is 17.0. The van der Waals surface area contributed by atoms with Gasteiger partial charge in [-0.2, -0.15) is 0 Å². The van der Waals surface area contributed by atoms with E-state index in [1.807, 2.05) is 18.2 Å². The number of likely N-dealkylation sites (tertiary alicyclic amines) is 1.